The minimum atomic E-state index is -0.995. The fourth-order valence-electron chi connectivity index (χ4n) is 0.862. The highest BCUT2D eigenvalue weighted by Gasteiger charge is 2.28. The van der Waals surface area contributed by atoms with Crippen molar-refractivity contribution in [2.24, 2.45) is 0 Å². The predicted molar refractivity (Wildman–Crippen MR) is 51.4 cm³/mol. The molecular formula is C6H2Cl2N2O5. The van der Waals surface area contributed by atoms with Gasteiger partial charge in [0.25, 0.3) is 5.69 Å². The fourth-order valence-corrected chi connectivity index (χ4v) is 1.27. The van der Waals surface area contributed by atoms with Crippen LogP contribution >= 0.6 is 23.2 Å². The van der Waals surface area contributed by atoms with E-state index in [1.165, 1.54) is 0 Å². The van der Waals surface area contributed by atoms with Crippen LogP contribution in [0.4, 0.5) is 11.4 Å². The number of hydrogen-bond acceptors (Lipinski definition) is 5. The lowest BCUT2D eigenvalue weighted by Crippen LogP contribution is -1.95. The summed E-state index contributed by atoms with van der Waals surface area (Å²) in [5, 5.41) is 28.8. The van der Waals surface area contributed by atoms with Crippen molar-refractivity contribution >= 4 is 34.6 Å². The SMILES string of the molecule is O=[N+]([O-])c1cc([N+](=O)[O-])c(Cl)c(Cl)c1O. The topological polar surface area (TPSA) is 107 Å². The first kappa shape index (κ1) is 11.5. The lowest BCUT2D eigenvalue weighted by Gasteiger charge is -2.01. The van der Waals surface area contributed by atoms with Crippen LogP contribution in [0.25, 0.3) is 0 Å². The van der Waals surface area contributed by atoms with E-state index in [0.717, 1.165) is 0 Å². The number of nitro groups is 2. The van der Waals surface area contributed by atoms with Gasteiger partial charge < -0.3 is 5.11 Å². The second kappa shape index (κ2) is 3.87. The third kappa shape index (κ3) is 1.92. The van der Waals surface area contributed by atoms with Gasteiger partial charge in [0.1, 0.15) is 10.0 Å². The van der Waals surface area contributed by atoms with Crippen LogP contribution in [-0.2, 0) is 0 Å². The van der Waals surface area contributed by atoms with Gasteiger partial charge >= 0.3 is 5.69 Å². The number of hydrogen-bond donors (Lipinski definition) is 1. The summed E-state index contributed by atoms with van der Waals surface area (Å²) in [5.74, 6) is -0.891. The fraction of sp³-hybridized carbons (Fsp3) is 0. The summed E-state index contributed by atoms with van der Waals surface area (Å²) < 4.78 is 0. The highest BCUT2D eigenvalue weighted by atomic mass is 35.5. The van der Waals surface area contributed by atoms with Crippen molar-refractivity contribution in [1.29, 1.82) is 0 Å². The van der Waals surface area contributed by atoms with Crippen molar-refractivity contribution < 1.29 is 15.0 Å². The summed E-state index contributed by atoms with van der Waals surface area (Å²) in [6.07, 6.45) is 0. The Bertz CT molecular complexity index is 423. The Labute approximate surface area is 92.1 Å². The monoisotopic (exact) mass is 252 g/mol. The number of phenols is 1. The molecule has 0 aliphatic heterocycles. The number of nitro benzene ring substituents is 2. The second-order valence-corrected chi connectivity index (χ2v) is 3.16. The number of aromatic hydroxyl groups is 1. The van der Waals surface area contributed by atoms with Gasteiger partial charge in [-0.25, -0.2) is 0 Å². The first-order valence-electron chi connectivity index (χ1n) is 3.36. The number of phenolic OH excluding ortho intramolecular Hbond substituents is 1. The molecule has 0 saturated carbocycles. The molecule has 0 atom stereocenters. The normalized spacial score (nSPS) is 10.0. The van der Waals surface area contributed by atoms with Gasteiger partial charge in [-0.1, -0.05) is 23.2 Å². The van der Waals surface area contributed by atoms with E-state index in [-0.39, 0.29) is 0 Å². The van der Waals surface area contributed by atoms with Crippen molar-refractivity contribution in [1.82, 2.24) is 0 Å². The second-order valence-electron chi connectivity index (χ2n) is 2.41. The van der Waals surface area contributed by atoms with Gasteiger partial charge in [-0.05, 0) is 0 Å². The first-order chi connectivity index (χ1) is 6.86. The largest absolute Gasteiger partial charge is 0.501 e. The molecule has 0 heterocycles. The molecule has 0 spiro atoms. The molecule has 0 saturated heterocycles. The highest BCUT2D eigenvalue weighted by Crippen LogP contribution is 2.44. The van der Waals surface area contributed by atoms with E-state index in [0.29, 0.717) is 6.07 Å². The molecule has 0 bridgehead atoms. The Morgan fingerprint density at radius 2 is 1.53 bits per heavy atom. The van der Waals surface area contributed by atoms with E-state index in [4.69, 9.17) is 23.2 Å². The van der Waals surface area contributed by atoms with Gasteiger partial charge in [0.2, 0.25) is 5.75 Å². The molecular weight excluding hydrogens is 251 g/mol. The zero-order valence-corrected chi connectivity index (χ0v) is 8.32. The molecule has 7 nitrogen and oxygen atoms in total. The Morgan fingerprint density at radius 3 is 1.93 bits per heavy atom. The van der Waals surface area contributed by atoms with Crippen molar-refractivity contribution in [2.45, 2.75) is 0 Å². The number of nitrogens with zero attached hydrogens (tertiary/aromatic N) is 2. The van der Waals surface area contributed by atoms with Gasteiger partial charge in [0.05, 0.1) is 15.9 Å². The van der Waals surface area contributed by atoms with Crippen LogP contribution in [0.5, 0.6) is 5.75 Å². The third-order valence-electron chi connectivity index (χ3n) is 1.53. The Balaban J connectivity index is 3.59. The average Bonchev–Trinajstić information content (AvgIpc) is 2.13. The zero-order chi connectivity index (χ0) is 11.7. The van der Waals surface area contributed by atoms with Crippen molar-refractivity contribution in [3.8, 4) is 5.75 Å². The maximum Gasteiger partial charge on any atom is 0.319 e. The molecule has 1 rings (SSSR count). The molecule has 0 unspecified atom stereocenters. The molecule has 80 valence electrons. The van der Waals surface area contributed by atoms with Gasteiger partial charge in [0.15, 0.2) is 0 Å². The average molecular weight is 253 g/mol. The standard InChI is InChI=1S/C6H2Cl2N2O5/c7-4-2(9(12)13)1-3(10(14)15)6(11)5(4)8/h1,11H. The molecule has 0 aromatic heterocycles. The van der Waals surface area contributed by atoms with Gasteiger partial charge in [0, 0.05) is 0 Å². The van der Waals surface area contributed by atoms with E-state index in [9.17, 15) is 25.3 Å². The minimum Gasteiger partial charge on any atom is -0.501 e. The van der Waals surface area contributed by atoms with E-state index < -0.39 is 37.0 Å². The van der Waals surface area contributed by atoms with Gasteiger partial charge in [-0.3, -0.25) is 20.2 Å². The van der Waals surface area contributed by atoms with E-state index >= 15 is 0 Å². The molecule has 1 aromatic carbocycles. The third-order valence-corrected chi connectivity index (χ3v) is 2.38. The molecule has 1 aromatic rings. The highest BCUT2D eigenvalue weighted by molar-refractivity contribution is 6.44. The van der Waals surface area contributed by atoms with E-state index in [1.807, 2.05) is 0 Å². The number of halogens is 2. The molecule has 0 fully saturated rings. The summed E-state index contributed by atoms with van der Waals surface area (Å²) in [4.78, 5) is 18.9. The van der Waals surface area contributed by atoms with E-state index in [1.54, 1.807) is 0 Å². The van der Waals surface area contributed by atoms with Gasteiger partial charge in [-0.15, -0.1) is 0 Å². The van der Waals surface area contributed by atoms with Crippen LogP contribution in [0.3, 0.4) is 0 Å². The van der Waals surface area contributed by atoms with Gasteiger partial charge in [-0.2, -0.15) is 0 Å². The summed E-state index contributed by atoms with van der Waals surface area (Å²) in [6, 6.07) is 0.545. The number of benzene rings is 1. The lowest BCUT2D eigenvalue weighted by molar-refractivity contribution is -0.394. The molecule has 0 amide bonds. The number of rotatable bonds is 2. The maximum absolute atomic E-state index is 10.4. The maximum atomic E-state index is 10.4. The minimum absolute atomic E-state index is 0.537. The van der Waals surface area contributed by atoms with Crippen molar-refractivity contribution in [3.63, 3.8) is 0 Å². The zero-order valence-electron chi connectivity index (χ0n) is 6.81. The predicted octanol–water partition coefficient (Wildman–Crippen LogP) is 2.52. The molecule has 9 heteroatoms. The van der Waals surface area contributed by atoms with Crippen molar-refractivity contribution in [3.05, 3.63) is 36.3 Å². The van der Waals surface area contributed by atoms with E-state index in [2.05, 4.69) is 0 Å². The molecule has 0 aliphatic rings. The summed E-state index contributed by atoms with van der Waals surface area (Å²) in [6.45, 7) is 0. The Morgan fingerprint density at radius 1 is 1.07 bits per heavy atom. The van der Waals surface area contributed by atoms with Crippen LogP contribution in [-0.4, -0.2) is 15.0 Å². The summed E-state index contributed by atoms with van der Waals surface area (Å²) >= 11 is 10.8. The van der Waals surface area contributed by atoms with Crippen LogP contribution in [0.15, 0.2) is 6.07 Å². The molecule has 1 N–H and O–H groups in total. The van der Waals surface area contributed by atoms with Crippen LogP contribution < -0.4 is 0 Å². The lowest BCUT2D eigenvalue weighted by atomic mass is 10.2. The Kier molecular flexibility index (Phi) is 2.96. The molecule has 15 heavy (non-hydrogen) atoms. The Hall–Kier alpha value is -1.60. The van der Waals surface area contributed by atoms with Crippen LogP contribution in [0, 0.1) is 20.2 Å². The quantitative estimate of drug-likeness (QED) is 0.643. The molecule has 0 radical (unpaired) electrons. The summed E-state index contributed by atoms with van der Waals surface area (Å²) in [5.41, 5.74) is -1.60. The smallest absolute Gasteiger partial charge is 0.319 e. The molecule has 0 aliphatic carbocycles. The summed E-state index contributed by atoms with van der Waals surface area (Å²) in [7, 11) is 0. The first-order valence-corrected chi connectivity index (χ1v) is 4.11. The van der Waals surface area contributed by atoms with Crippen LogP contribution in [0.1, 0.15) is 0 Å². The van der Waals surface area contributed by atoms with Crippen LogP contribution in [0.2, 0.25) is 10.0 Å². The van der Waals surface area contributed by atoms with Crippen molar-refractivity contribution in [2.75, 3.05) is 0 Å².